The maximum atomic E-state index is 7.06. The van der Waals surface area contributed by atoms with Gasteiger partial charge in [-0.05, 0) is 100 Å². The Bertz CT molecular complexity index is 2360. The SMILES string of the molecule is CC(C)(C)c1ccc2cc(OPc3c(POc4cc5ccc(C(C)(C)C)cc5cc4C(C)(C)C)c4ccccc4c4ccccc34)c(C(C)(C)C)cc2c1. The summed E-state index contributed by atoms with van der Waals surface area (Å²) in [5.74, 6) is 1.90. The van der Waals surface area contributed by atoms with Crippen LogP contribution in [0.4, 0.5) is 0 Å². The normalized spacial score (nSPS) is 13.4. The summed E-state index contributed by atoms with van der Waals surface area (Å²) < 4.78 is 14.1. The van der Waals surface area contributed by atoms with Crippen molar-refractivity contribution in [3.05, 3.63) is 131 Å². The molecule has 0 fully saturated rings. The largest absolute Gasteiger partial charge is 0.472 e. The Balaban J connectivity index is 1.34. The second-order valence-electron chi connectivity index (χ2n) is 19.1. The van der Waals surface area contributed by atoms with Gasteiger partial charge in [-0.1, -0.05) is 168 Å². The van der Waals surface area contributed by atoms with Crippen molar-refractivity contribution in [1.29, 1.82) is 0 Å². The molecular formula is C50H56O2P2. The zero-order valence-electron chi connectivity index (χ0n) is 34.2. The van der Waals surface area contributed by atoms with Gasteiger partial charge in [-0.2, -0.15) is 0 Å². The van der Waals surface area contributed by atoms with Gasteiger partial charge in [-0.3, -0.25) is 0 Å². The van der Waals surface area contributed by atoms with E-state index in [4.69, 9.17) is 9.05 Å². The number of fused-ring (bicyclic) bond motifs is 5. The van der Waals surface area contributed by atoms with Crippen LogP contribution in [0.2, 0.25) is 0 Å². The molecule has 0 radical (unpaired) electrons. The summed E-state index contributed by atoms with van der Waals surface area (Å²) in [6.07, 6.45) is 0. The molecule has 2 unspecified atom stereocenters. The number of rotatable bonds is 6. The molecule has 7 rings (SSSR count). The molecule has 0 aliphatic carbocycles. The van der Waals surface area contributed by atoms with Crippen LogP contribution in [0.15, 0.2) is 109 Å². The molecule has 0 bridgehead atoms. The second kappa shape index (κ2) is 14.0. The number of hydrogen-bond donors (Lipinski definition) is 0. The quantitative estimate of drug-likeness (QED) is 0.124. The van der Waals surface area contributed by atoms with Gasteiger partial charge in [-0.15, -0.1) is 0 Å². The smallest absolute Gasteiger partial charge is 0.127 e. The molecule has 7 aromatic carbocycles. The minimum Gasteiger partial charge on any atom is -0.472 e. The van der Waals surface area contributed by atoms with E-state index >= 15 is 0 Å². The van der Waals surface area contributed by atoms with Gasteiger partial charge in [0.15, 0.2) is 0 Å². The Kier molecular flexibility index (Phi) is 9.91. The number of hydrogen-bond acceptors (Lipinski definition) is 2. The van der Waals surface area contributed by atoms with Gasteiger partial charge in [0, 0.05) is 21.7 Å². The first-order valence-corrected chi connectivity index (χ1v) is 21.1. The van der Waals surface area contributed by atoms with Crippen LogP contribution in [0.3, 0.4) is 0 Å². The Morgan fingerprint density at radius 2 is 0.704 bits per heavy atom. The van der Waals surface area contributed by atoms with E-state index in [2.05, 4.69) is 192 Å². The summed E-state index contributed by atoms with van der Waals surface area (Å²) in [5, 5.41) is 12.3. The minimum absolute atomic E-state index is 0.0826. The maximum Gasteiger partial charge on any atom is 0.127 e. The van der Waals surface area contributed by atoms with E-state index in [0.29, 0.717) is 0 Å². The highest BCUT2D eigenvalue weighted by Gasteiger charge is 2.25. The maximum absolute atomic E-state index is 7.06. The van der Waals surface area contributed by atoms with Crippen LogP contribution in [0, 0.1) is 0 Å². The molecular weight excluding hydrogens is 694 g/mol. The van der Waals surface area contributed by atoms with Crippen molar-refractivity contribution < 1.29 is 9.05 Å². The molecule has 0 amide bonds. The monoisotopic (exact) mass is 750 g/mol. The zero-order chi connectivity index (χ0) is 38.8. The molecule has 7 aromatic rings. The summed E-state index contributed by atoms with van der Waals surface area (Å²) in [6.45, 7) is 27.4. The Morgan fingerprint density at radius 3 is 1.04 bits per heavy atom. The van der Waals surface area contributed by atoms with Crippen molar-refractivity contribution in [2.45, 2.75) is 105 Å². The number of benzene rings is 7. The van der Waals surface area contributed by atoms with E-state index in [1.54, 1.807) is 0 Å². The summed E-state index contributed by atoms with van der Waals surface area (Å²) >= 11 is 0. The molecule has 0 aromatic heterocycles. The molecule has 0 aliphatic heterocycles. The zero-order valence-corrected chi connectivity index (χ0v) is 36.2. The highest BCUT2D eigenvalue weighted by Crippen LogP contribution is 2.42. The van der Waals surface area contributed by atoms with Gasteiger partial charge < -0.3 is 9.05 Å². The van der Waals surface area contributed by atoms with Crippen LogP contribution in [-0.2, 0) is 21.7 Å². The summed E-state index contributed by atoms with van der Waals surface area (Å²) in [5.41, 5.74) is 5.09. The highest BCUT2D eigenvalue weighted by molar-refractivity contribution is 7.51. The highest BCUT2D eigenvalue weighted by atomic mass is 31.1. The topological polar surface area (TPSA) is 18.5 Å². The summed E-state index contributed by atoms with van der Waals surface area (Å²) in [4.78, 5) is 0. The predicted molar refractivity (Wildman–Crippen MR) is 241 cm³/mol. The van der Waals surface area contributed by atoms with Crippen LogP contribution in [0.5, 0.6) is 11.5 Å². The molecule has 0 aliphatic rings. The molecule has 0 spiro atoms. The molecule has 0 saturated carbocycles. The Labute approximate surface area is 326 Å². The van der Waals surface area contributed by atoms with E-state index < -0.39 is 0 Å². The average molecular weight is 751 g/mol. The molecule has 54 heavy (non-hydrogen) atoms. The average Bonchev–Trinajstić information content (AvgIpc) is 3.10. The van der Waals surface area contributed by atoms with Gasteiger partial charge in [0.05, 0.1) is 0 Å². The third-order valence-corrected chi connectivity index (χ3v) is 13.0. The van der Waals surface area contributed by atoms with Crippen molar-refractivity contribution in [2.24, 2.45) is 0 Å². The van der Waals surface area contributed by atoms with Crippen LogP contribution >= 0.6 is 17.6 Å². The molecule has 0 saturated heterocycles. The van der Waals surface area contributed by atoms with Crippen LogP contribution in [-0.4, -0.2) is 0 Å². The lowest BCUT2D eigenvalue weighted by molar-refractivity contribution is 0.544. The van der Waals surface area contributed by atoms with Gasteiger partial charge in [0.1, 0.15) is 29.1 Å². The van der Waals surface area contributed by atoms with Crippen molar-refractivity contribution in [3.63, 3.8) is 0 Å². The fourth-order valence-electron chi connectivity index (χ4n) is 7.39. The first-order valence-electron chi connectivity index (χ1n) is 19.3. The molecule has 278 valence electrons. The lowest BCUT2D eigenvalue weighted by Gasteiger charge is -2.26. The fourth-order valence-corrected chi connectivity index (χ4v) is 9.59. The van der Waals surface area contributed by atoms with Gasteiger partial charge in [0.2, 0.25) is 0 Å². The van der Waals surface area contributed by atoms with Crippen LogP contribution in [0.1, 0.15) is 105 Å². The minimum atomic E-state index is -0.0992. The van der Waals surface area contributed by atoms with Crippen molar-refractivity contribution in [2.75, 3.05) is 0 Å². The van der Waals surface area contributed by atoms with E-state index in [9.17, 15) is 0 Å². The first kappa shape index (κ1) is 38.3. The molecule has 2 nitrogen and oxygen atoms in total. The molecule has 0 heterocycles. The van der Waals surface area contributed by atoms with E-state index in [-0.39, 0.29) is 39.3 Å². The second-order valence-corrected chi connectivity index (χ2v) is 20.9. The third kappa shape index (κ3) is 7.63. The van der Waals surface area contributed by atoms with Crippen LogP contribution in [0.25, 0.3) is 43.1 Å². The Hall–Kier alpha value is -3.96. The summed E-state index contributed by atoms with van der Waals surface area (Å²) in [7, 11) is 0.182. The summed E-state index contributed by atoms with van der Waals surface area (Å²) in [6, 6.07) is 40.5. The van der Waals surface area contributed by atoms with Gasteiger partial charge >= 0.3 is 0 Å². The lowest BCUT2D eigenvalue weighted by Crippen LogP contribution is -2.21. The van der Waals surface area contributed by atoms with Gasteiger partial charge in [-0.25, -0.2) is 0 Å². The third-order valence-electron chi connectivity index (χ3n) is 10.7. The van der Waals surface area contributed by atoms with Crippen LogP contribution < -0.4 is 19.7 Å². The Morgan fingerprint density at radius 1 is 0.352 bits per heavy atom. The fraction of sp³-hybridized carbons (Fsp3) is 0.320. The van der Waals surface area contributed by atoms with Crippen molar-refractivity contribution in [3.8, 4) is 11.5 Å². The lowest BCUT2D eigenvalue weighted by atomic mass is 9.82. The van der Waals surface area contributed by atoms with E-state index in [1.807, 2.05) is 0 Å². The molecule has 4 heteroatoms. The van der Waals surface area contributed by atoms with Crippen molar-refractivity contribution in [1.82, 2.24) is 0 Å². The first-order chi connectivity index (χ1) is 25.3. The van der Waals surface area contributed by atoms with E-state index in [0.717, 1.165) is 11.5 Å². The van der Waals surface area contributed by atoms with Gasteiger partial charge in [0.25, 0.3) is 0 Å². The molecule has 0 N–H and O–H groups in total. The predicted octanol–water partition coefficient (Wildman–Crippen LogP) is 14.1. The molecule has 2 atom stereocenters. The van der Waals surface area contributed by atoms with E-state index in [1.165, 1.54) is 76.0 Å². The van der Waals surface area contributed by atoms with Crippen molar-refractivity contribution >= 4 is 71.3 Å². The standard InChI is InChI=1S/C50H56O2P2/c1-47(2,3)35-23-21-31-29-43(41(49(7,8)9)27-33(31)25-35)51-53-45-39-19-15-13-17-37(39)38-18-14-16-20-40(38)46(45)54-52-44-30-32-22-24-36(48(4,5)6)26-34(32)28-42(44)50(10,11)12/h13-30,53-54H,1-12H3.